The molecule has 1 aromatic carbocycles. The molecule has 0 aromatic heterocycles. The molecule has 0 spiro atoms. The Balaban J connectivity index is 2.01. The van der Waals surface area contributed by atoms with E-state index in [1.165, 1.54) is 6.07 Å². The third kappa shape index (κ3) is 3.21. The average Bonchev–Trinajstić information content (AvgIpc) is 2.32. The van der Waals surface area contributed by atoms with E-state index >= 15 is 0 Å². The van der Waals surface area contributed by atoms with Crippen LogP contribution in [0.4, 0.5) is 4.39 Å². The maximum atomic E-state index is 13.5. The zero-order chi connectivity index (χ0) is 12.3. The summed E-state index contributed by atoms with van der Waals surface area (Å²) in [7, 11) is 2.02. The number of halogens is 1. The van der Waals surface area contributed by atoms with Crippen LogP contribution in [0.15, 0.2) is 24.3 Å². The molecule has 17 heavy (non-hydrogen) atoms. The quantitative estimate of drug-likeness (QED) is 0.890. The smallest absolute Gasteiger partial charge is 0.126 e. The van der Waals surface area contributed by atoms with Crippen molar-refractivity contribution < 1.29 is 9.50 Å². The van der Waals surface area contributed by atoms with Crippen molar-refractivity contribution in [1.29, 1.82) is 0 Å². The second-order valence-corrected chi connectivity index (χ2v) is 5.64. The predicted molar refractivity (Wildman–Crippen MR) is 69.9 cm³/mol. The van der Waals surface area contributed by atoms with Crippen molar-refractivity contribution >= 4 is 11.8 Å². The van der Waals surface area contributed by atoms with Crippen molar-refractivity contribution in [2.45, 2.75) is 18.6 Å². The van der Waals surface area contributed by atoms with E-state index in [1.807, 2.05) is 24.9 Å². The first-order valence-corrected chi connectivity index (χ1v) is 7.03. The van der Waals surface area contributed by atoms with Crippen molar-refractivity contribution in [1.82, 2.24) is 4.90 Å². The summed E-state index contributed by atoms with van der Waals surface area (Å²) in [6, 6.07) is 6.81. The Morgan fingerprint density at radius 2 is 2.29 bits per heavy atom. The van der Waals surface area contributed by atoms with Crippen LogP contribution < -0.4 is 0 Å². The van der Waals surface area contributed by atoms with E-state index in [-0.39, 0.29) is 11.9 Å². The fraction of sp³-hybridized carbons (Fsp3) is 0.538. The van der Waals surface area contributed by atoms with Crippen molar-refractivity contribution in [2.24, 2.45) is 0 Å². The molecule has 0 saturated carbocycles. The highest BCUT2D eigenvalue weighted by Crippen LogP contribution is 2.20. The van der Waals surface area contributed by atoms with Gasteiger partial charge in [0.15, 0.2) is 0 Å². The van der Waals surface area contributed by atoms with Crippen molar-refractivity contribution in [3.05, 3.63) is 35.6 Å². The molecule has 2 atom stereocenters. The maximum Gasteiger partial charge on any atom is 0.126 e. The zero-order valence-corrected chi connectivity index (χ0v) is 10.8. The van der Waals surface area contributed by atoms with Crippen LogP contribution in [0.25, 0.3) is 0 Å². The van der Waals surface area contributed by atoms with Gasteiger partial charge in [-0.15, -0.1) is 0 Å². The third-order valence-corrected chi connectivity index (χ3v) is 4.32. The van der Waals surface area contributed by atoms with Crippen LogP contribution in [0.5, 0.6) is 0 Å². The van der Waals surface area contributed by atoms with E-state index in [4.69, 9.17) is 0 Å². The molecule has 1 saturated heterocycles. The predicted octanol–water partition coefficient (Wildman–Crippen LogP) is 1.78. The summed E-state index contributed by atoms with van der Waals surface area (Å²) in [5.74, 6) is 1.81. The van der Waals surface area contributed by atoms with Crippen molar-refractivity contribution in [2.75, 3.05) is 25.1 Å². The molecule has 1 aliphatic heterocycles. The normalized spacial score (nSPS) is 23.6. The molecule has 2 rings (SSSR count). The fourth-order valence-electron chi connectivity index (χ4n) is 2.14. The van der Waals surface area contributed by atoms with Crippen LogP contribution in [0.1, 0.15) is 5.56 Å². The van der Waals surface area contributed by atoms with Gasteiger partial charge in [-0.2, -0.15) is 11.8 Å². The molecule has 1 aliphatic rings. The van der Waals surface area contributed by atoms with Crippen LogP contribution >= 0.6 is 11.8 Å². The molecule has 2 nitrogen and oxygen atoms in total. The lowest BCUT2D eigenvalue weighted by Gasteiger charge is -2.35. The Morgan fingerprint density at radius 1 is 1.53 bits per heavy atom. The first-order valence-electron chi connectivity index (χ1n) is 5.88. The highest BCUT2D eigenvalue weighted by molar-refractivity contribution is 7.99. The van der Waals surface area contributed by atoms with Crippen LogP contribution in [-0.2, 0) is 6.42 Å². The molecule has 4 heteroatoms. The van der Waals surface area contributed by atoms with Gasteiger partial charge in [0.05, 0.1) is 6.10 Å². The van der Waals surface area contributed by atoms with Gasteiger partial charge in [0.2, 0.25) is 0 Å². The first kappa shape index (κ1) is 12.9. The summed E-state index contributed by atoms with van der Waals surface area (Å²) in [5, 5.41) is 10.2. The molecule has 1 fully saturated rings. The van der Waals surface area contributed by atoms with Crippen molar-refractivity contribution in [3.8, 4) is 0 Å². The second-order valence-electron chi connectivity index (χ2n) is 4.49. The lowest BCUT2D eigenvalue weighted by molar-refractivity contribution is 0.0757. The van der Waals surface area contributed by atoms with Crippen LogP contribution in [-0.4, -0.2) is 47.3 Å². The van der Waals surface area contributed by atoms with E-state index in [0.717, 1.165) is 18.1 Å². The molecule has 1 aromatic rings. The van der Waals surface area contributed by atoms with Crippen LogP contribution in [0.3, 0.4) is 0 Å². The summed E-state index contributed by atoms with van der Waals surface area (Å²) < 4.78 is 13.5. The van der Waals surface area contributed by atoms with E-state index in [0.29, 0.717) is 12.0 Å². The molecule has 0 amide bonds. The van der Waals surface area contributed by atoms with Gasteiger partial charge in [-0.05, 0) is 18.7 Å². The van der Waals surface area contributed by atoms with Gasteiger partial charge < -0.3 is 5.11 Å². The van der Waals surface area contributed by atoms with Gasteiger partial charge in [-0.3, -0.25) is 4.90 Å². The second kappa shape index (κ2) is 5.85. The molecule has 0 bridgehead atoms. The standard InChI is InChI=1S/C13H18FNOS/c1-15-6-7-17-9-12(15)13(16)8-10-4-2-3-5-11(10)14/h2-5,12-13,16H,6-9H2,1H3. The third-order valence-electron chi connectivity index (χ3n) is 3.27. The van der Waals surface area contributed by atoms with E-state index in [1.54, 1.807) is 12.1 Å². The van der Waals surface area contributed by atoms with Gasteiger partial charge in [0, 0.05) is 30.5 Å². The molecule has 0 aliphatic carbocycles. The number of thioether (sulfide) groups is 1. The number of hydrogen-bond acceptors (Lipinski definition) is 3. The number of likely N-dealkylation sites (N-methyl/N-ethyl adjacent to an activating group) is 1. The van der Waals surface area contributed by atoms with Crippen LogP contribution in [0.2, 0.25) is 0 Å². The van der Waals surface area contributed by atoms with Crippen molar-refractivity contribution in [3.63, 3.8) is 0 Å². The molecule has 2 unspecified atom stereocenters. The summed E-state index contributed by atoms with van der Waals surface area (Å²) in [6.45, 7) is 0.990. The average molecular weight is 255 g/mol. The van der Waals surface area contributed by atoms with Gasteiger partial charge in [-0.25, -0.2) is 4.39 Å². The summed E-state index contributed by atoms with van der Waals surface area (Å²) in [5.41, 5.74) is 0.601. The number of benzene rings is 1. The number of aliphatic hydroxyl groups excluding tert-OH is 1. The minimum Gasteiger partial charge on any atom is -0.391 e. The molecule has 1 heterocycles. The van der Waals surface area contributed by atoms with E-state index < -0.39 is 6.10 Å². The summed E-state index contributed by atoms with van der Waals surface area (Å²) in [4.78, 5) is 2.17. The zero-order valence-electron chi connectivity index (χ0n) is 9.97. The van der Waals surface area contributed by atoms with Gasteiger partial charge in [0.1, 0.15) is 5.82 Å². The minimum atomic E-state index is -0.496. The highest BCUT2D eigenvalue weighted by atomic mass is 32.2. The largest absolute Gasteiger partial charge is 0.391 e. The summed E-state index contributed by atoms with van der Waals surface area (Å²) >= 11 is 1.85. The molecular weight excluding hydrogens is 237 g/mol. The fourth-order valence-corrected chi connectivity index (χ4v) is 3.44. The number of aliphatic hydroxyl groups is 1. The monoisotopic (exact) mass is 255 g/mol. The van der Waals surface area contributed by atoms with Crippen LogP contribution in [0, 0.1) is 5.82 Å². The van der Waals surface area contributed by atoms with Gasteiger partial charge >= 0.3 is 0 Å². The van der Waals surface area contributed by atoms with Gasteiger partial charge in [-0.1, -0.05) is 18.2 Å². The Hall–Kier alpha value is -0.580. The number of hydrogen-bond donors (Lipinski definition) is 1. The van der Waals surface area contributed by atoms with E-state index in [9.17, 15) is 9.50 Å². The number of nitrogens with zero attached hydrogens (tertiary/aromatic N) is 1. The molecular formula is C13H18FNOS. The lowest BCUT2D eigenvalue weighted by Crippen LogP contribution is -2.47. The Bertz CT molecular complexity index is 374. The van der Waals surface area contributed by atoms with E-state index in [2.05, 4.69) is 4.90 Å². The Kier molecular flexibility index (Phi) is 4.42. The Morgan fingerprint density at radius 3 is 3.00 bits per heavy atom. The SMILES string of the molecule is CN1CCSCC1C(O)Cc1ccccc1F. The molecule has 0 radical (unpaired) electrons. The molecule has 94 valence electrons. The summed E-state index contributed by atoms with van der Waals surface area (Å²) in [6.07, 6.45) is -0.105. The first-order chi connectivity index (χ1) is 8.18. The number of rotatable bonds is 3. The maximum absolute atomic E-state index is 13.5. The highest BCUT2D eigenvalue weighted by Gasteiger charge is 2.27. The lowest BCUT2D eigenvalue weighted by atomic mass is 10.0. The Labute approximate surface area is 106 Å². The molecule has 1 N–H and O–H groups in total. The topological polar surface area (TPSA) is 23.5 Å². The van der Waals surface area contributed by atoms with Gasteiger partial charge in [0.25, 0.3) is 0 Å². The minimum absolute atomic E-state index is 0.133.